The lowest BCUT2D eigenvalue weighted by atomic mass is 10.1. The Labute approximate surface area is 162 Å². The molecule has 2 aromatic rings. The molecule has 0 bridgehead atoms. The molecular formula is C19H22N8O. The Morgan fingerprint density at radius 1 is 1.11 bits per heavy atom. The monoisotopic (exact) mass is 378 g/mol. The number of nitrogens with zero attached hydrogens (tertiary/aromatic N) is 2. The highest BCUT2D eigenvalue weighted by atomic mass is 16.1. The smallest absolute Gasteiger partial charge is 0.250 e. The molecule has 2 aliphatic rings. The minimum Gasteiger partial charge on any atom is -0.398 e. The number of carbonyl (C=O) groups excluding carboxylic acids is 1. The van der Waals surface area contributed by atoms with Crippen LogP contribution in [0.3, 0.4) is 0 Å². The molecule has 9 N–H and O–H groups in total. The van der Waals surface area contributed by atoms with Crippen LogP contribution in [0.1, 0.15) is 29.6 Å². The standard InChI is InChI=1S/C19H22N8O/c20-13-5-7-16(23-11-3-4-12(18(22)28)14(21)9-11)24-19(13)25-17-8-6-15(26-27-17)10-1-2-10/h3-5,7-10,27H,1-2,6,20-21H2,(H2,22,28)(H2,23,24,25). The van der Waals surface area contributed by atoms with Crippen LogP contribution in [0.15, 0.2) is 47.3 Å². The van der Waals surface area contributed by atoms with E-state index in [0.29, 0.717) is 34.6 Å². The molecule has 9 heteroatoms. The number of rotatable bonds is 6. The van der Waals surface area contributed by atoms with Crippen molar-refractivity contribution in [2.75, 3.05) is 22.1 Å². The zero-order valence-electron chi connectivity index (χ0n) is 15.2. The molecule has 1 aliphatic heterocycles. The van der Waals surface area contributed by atoms with Gasteiger partial charge in [0.05, 0.1) is 11.3 Å². The number of amides is 1. The fraction of sp³-hybridized carbons (Fsp3) is 0.211. The lowest BCUT2D eigenvalue weighted by Crippen LogP contribution is -2.22. The lowest BCUT2D eigenvalue weighted by molar-refractivity contribution is 0.100. The summed E-state index contributed by atoms with van der Waals surface area (Å²) >= 11 is 0. The average Bonchev–Trinajstić information content (AvgIpc) is 3.50. The second-order valence-corrected chi connectivity index (χ2v) is 6.86. The molecule has 0 unspecified atom stereocenters. The summed E-state index contributed by atoms with van der Waals surface area (Å²) in [7, 11) is 0. The van der Waals surface area contributed by atoms with Crippen molar-refractivity contribution in [2.24, 2.45) is 16.8 Å². The number of primary amides is 1. The number of nitrogens with two attached hydrogens (primary N) is 3. The van der Waals surface area contributed by atoms with Crippen molar-refractivity contribution < 1.29 is 4.79 Å². The summed E-state index contributed by atoms with van der Waals surface area (Å²) in [5.41, 5.74) is 23.2. The Morgan fingerprint density at radius 2 is 1.93 bits per heavy atom. The number of benzene rings is 1. The first kappa shape index (κ1) is 17.7. The highest BCUT2D eigenvalue weighted by Crippen LogP contribution is 2.33. The Balaban J connectivity index is 1.46. The quantitative estimate of drug-likeness (QED) is 0.420. The van der Waals surface area contributed by atoms with E-state index in [1.54, 1.807) is 30.3 Å². The fourth-order valence-electron chi connectivity index (χ4n) is 2.96. The molecule has 0 saturated heterocycles. The number of hydrogen-bond acceptors (Lipinski definition) is 8. The third kappa shape index (κ3) is 3.83. The van der Waals surface area contributed by atoms with Crippen LogP contribution in [0.5, 0.6) is 0 Å². The van der Waals surface area contributed by atoms with Gasteiger partial charge in [0, 0.05) is 23.5 Å². The van der Waals surface area contributed by atoms with Crippen LogP contribution in [0, 0.1) is 5.92 Å². The minimum absolute atomic E-state index is 0.277. The van der Waals surface area contributed by atoms with E-state index in [1.165, 1.54) is 18.6 Å². The fourth-order valence-corrected chi connectivity index (χ4v) is 2.96. The van der Waals surface area contributed by atoms with Gasteiger partial charge in [0.25, 0.3) is 5.91 Å². The van der Waals surface area contributed by atoms with Gasteiger partial charge in [0.1, 0.15) is 11.6 Å². The van der Waals surface area contributed by atoms with Gasteiger partial charge in [-0.3, -0.25) is 10.2 Å². The van der Waals surface area contributed by atoms with E-state index in [-0.39, 0.29) is 5.56 Å². The highest BCUT2D eigenvalue weighted by Gasteiger charge is 2.28. The summed E-state index contributed by atoms with van der Waals surface area (Å²) in [5.74, 6) is 1.89. The van der Waals surface area contributed by atoms with Gasteiger partial charge >= 0.3 is 0 Å². The molecule has 1 aliphatic carbocycles. The minimum atomic E-state index is -0.568. The van der Waals surface area contributed by atoms with Crippen molar-refractivity contribution >= 4 is 40.3 Å². The first-order valence-corrected chi connectivity index (χ1v) is 9.02. The molecule has 1 fully saturated rings. The van der Waals surface area contributed by atoms with E-state index in [1.807, 2.05) is 6.08 Å². The predicted octanol–water partition coefficient (Wildman–Crippen LogP) is 2.10. The molecule has 0 atom stereocenters. The van der Waals surface area contributed by atoms with Gasteiger partial charge in [-0.15, -0.1) is 0 Å². The predicted molar refractivity (Wildman–Crippen MR) is 111 cm³/mol. The number of hydrogen-bond donors (Lipinski definition) is 6. The van der Waals surface area contributed by atoms with Crippen molar-refractivity contribution in [2.45, 2.75) is 19.3 Å². The maximum Gasteiger partial charge on any atom is 0.250 e. The van der Waals surface area contributed by atoms with Gasteiger partial charge in [0.2, 0.25) is 0 Å². The summed E-state index contributed by atoms with van der Waals surface area (Å²) in [4.78, 5) is 15.8. The molecule has 0 spiro atoms. The van der Waals surface area contributed by atoms with Crippen molar-refractivity contribution in [3.8, 4) is 0 Å². The summed E-state index contributed by atoms with van der Waals surface area (Å²) < 4.78 is 0. The van der Waals surface area contributed by atoms with Gasteiger partial charge in [-0.25, -0.2) is 4.98 Å². The molecule has 1 aromatic heterocycles. The highest BCUT2D eigenvalue weighted by molar-refractivity contribution is 5.98. The molecule has 1 amide bonds. The number of hydrazone groups is 1. The number of nitrogen functional groups attached to an aromatic ring is 2. The van der Waals surface area contributed by atoms with Gasteiger partial charge in [-0.1, -0.05) is 0 Å². The first-order chi connectivity index (χ1) is 13.5. The molecule has 1 saturated carbocycles. The Hall–Kier alpha value is -3.75. The van der Waals surface area contributed by atoms with E-state index in [0.717, 1.165) is 12.2 Å². The summed E-state index contributed by atoms with van der Waals surface area (Å²) in [6.45, 7) is 0. The van der Waals surface area contributed by atoms with Crippen LogP contribution >= 0.6 is 0 Å². The number of aromatic nitrogens is 1. The van der Waals surface area contributed by atoms with Crippen molar-refractivity contribution in [3.63, 3.8) is 0 Å². The van der Waals surface area contributed by atoms with Crippen LogP contribution in [-0.4, -0.2) is 16.6 Å². The van der Waals surface area contributed by atoms with Crippen molar-refractivity contribution in [1.29, 1.82) is 0 Å². The Bertz CT molecular complexity index is 993. The number of anilines is 5. The molecular weight excluding hydrogens is 356 g/mol. The zero-order valence-corrected chi connectivity index (χ0v) is 15.2. The molecule has 1 aromatic carbocycles. The van der Waals surface area contributed by atoms with E-state index >= 15 is 0 Å². The molecule has 144 valence electrons. The maximum absolute atomic E-state index is 11.3. The number of pyridine rings is 1. The van der Waals surface area contributed by atoms with E-state index in [9.17, 15) is 4.79 Å². The van der Waals surface area contributed by atoms with Gasteiger partial charge in [-0.2, -0.15) is 5.10 Å². The lowest BCUT2D eigenvalue weighted by Gasteiger charge is -2.17. The zero-order chi connectivity index (χ0) is 19.7. The second-order valence-electron chi connectivity index (χ2n) is 6.86. The molecule has 2 heterocycles. The van der Waals surface area contributed by atoms with Crippen LogP contribution in [0.2, 0.25) is 0 Å². The average molecular weight is 378 g/mol. The summed E-state index contributed by atoms with van der Waals surface area (Å²) in [5, 5.41) is 10.7. The van der Waals surface area contributed by atoms with Crippen LogP contribution in [0.4, 0.5) is 28.7 Å². The number of carbonyl (C=O) groups is 1. The third-order valence-electron chi connectivity index (χ3n) is 4.65. The van der Waals surface area contributed by atoms with E-state index in [2.05, 4.69) is 26.1 Å². The SMILES string of the molecule is NC(=O)c1ccc(Nc2ccc(N)c(NC3=CCC(C4CC4)=NN3)n2)cc1N. The second kappa shape index (κ2) is 7.10. The van der Waals surface area contributed by atoms with Crippen molar-refractivity contribution in [3.05, 3.63) is 47.8 Å². The van der Waals surface area contributed by atoms with Crippen LogP contribution < -0.4 is 33.3 Å². The van der Waals surface area contributed by atoms with Gasteiger partial charge in [-0.05, 0) is 55.2 Å². The Morgan fingerprint density at radius 3 is 2.57 bits per heavy atom. The molecule has 4 rings (SSSR count). The van der Waals surface area contributed by atoms with E-state index in [4.69, 9.17) is 17.2 Å². The topological polar surface area (TPSA) is 156 Å². The maximum atomic E-state index is 11.3. The van der Waals surface area contributed by atoms with E-state index < -0.39 is 5.91 Å². The normalized spacial score (nSPS) is 15.9. The van der Waals surface area contributed by atoms with Crippen molar-refractivity contribution in [1.82, 2.24) is 10.4 Å². The van der Waals surface area contributed by atoms with Gasteiger partial charge < -0.3 is 27.8 Å². The number of allylic oxidation sites excluding steroid dienone is 1. The summed E-state index contributed by atoms with van der Waals surface area (Å²) in [6, 6.07) is 8.42. The Kier molecular flexibility index (Phi) is 4.48. The third-order valence-corrected chi connectivity index (χ3v) is 4.65. The molecule has 28 heavy (non-hydrogen) atoms. The molecule has 9 nitrogen and oxygen atoms in total. The molecule has 0 radical (unpaired) electrons. The largest absolute Gasteiger partial charge is 0.398 e. The first-order valence-electron chi connectivity index (χ1n) is 9.02. The van der Waals surface area contributed by atoms with Gasteiger partial charge in [0.15, 0.2) is 5.82 Å². The van der Waals surface area contributed by atoms with Crippen LogP contribution in [-0.2, 0) is 0 Å². The van der Waals surface area contributed by atoms with Crippen LogP contribution in [0.25, 0.3) is 0 Å². The number of nitrogens with one attached hydrogen (secondary N) is 3. The summed E-state index contributed by atoms with van der Waals surface area (Å²) in [6.07, 6.45) is 5.32.